The summed E-state index contributed by atoms with van der Waals surface area (Å²) in [5.41, 5.74) is 2.96. The maximum atomic E-state index is 13.6. The molecule has 0 radical (unpaired) electrons. The first-order chi connectivity index (χ1) is 17.5. The number of rotatable bonds is 9. The van der Waals surface area contributed by atoms with Gasteiger partial charge in [-0.25, -0.2) is 0 Å². The van der Waals surface area contributed by atoms with E-state index >= 15 is 0 Å². The number of nitriles is 1. The number of ether oxygens (including phenoxy) is 1. The van der Waals surface area contributed by atoms with E-state index in [1.165, 1.54) is 5.69 Å². The van der Waals surface area contributed by atoms with E-state index in [0.29, 0.717) is 25.1 Å². The normalized spacial score (nSPS) is 19.6. The minimum Gasteiger partial charge on any atom is -0.466 e. The van der Waals surface area contributed by atoms with E-state index in [2.05, 4.69) is 23.6 Å². The number of amides is 2. The molecule has 2 atom stereocenters. The van der Waals surface area contributed by atoms with Crippen LogP contribution in [0.5, 0.6) is 0 Å². The van der Waals surface area contributed by atoms with E-state index < -0.39 is 6.04 Å². The van der Waals surface area contributed by atoms with E-state index in [0.717, 1.165) is 56.1 Å². The van der Waals surface area contributed by atoms with E-state index in [-0.39, 0.29) is 36.7 Å². The van der Waals surface area contributed by atoms with Gasteiger partial charge in [0.25, 0.3) is 0 Å². The van der Waals surface area contributed by atoms with Crippen LogP contribution in [0.15, 0.2) is 24.3 Å². The monoisotopic (exact) mass is 492 g/mol. The number of esters is 1. The van der Waals surface area contributed by atoms with Crippen molar-refractivity contribution in [1.82, 2.24) is 14.4 Å². The molecule has 2 unspecified atom stereocenters. The number of likely N-dealkylation sites (tertiary alicyclic amines) is 2. The van der Waals surface area contributed by atoms with Crippen LogP contribution in [0.3, 0.4) is 0 Å². The first kappa shape index (κ1) is 25.7. The smallest absolute Gasteiger partial charge is 0.306 e. The van der Waals surface area contributed by atoms with Crippen molar-refractivity contribution in [2.24, 2.45) is 0 Å². The van der Waals surface area contributed by atoms with Crippen molar-refractivity contribution in [3.63, 3.8) is 0 Å². The van der Waals surface area contributed by atoms with Crippen LogP contribution >= 0.6 is 0 Å². The summed E-state index contributed by atoms with van der Waals surface area (Å²) in [7, 11) is 0. The zero-order chi connectivity index (χ0) is 25.7. The Kier molecular flexibility index (Phi) is 8.29. The standard InChI is InChI=1S/C28H36N4O4/c1-3-30-23(18-21-10-9-20(19-29)17-25(21)30)12-11-22-7-5-15-31(22)28(35)24-8-6-16-32(24)26(33)13-14-27(34)36-4-2/h9-10,17-18,22,24H,3-8,11-16H2,1-2H3. The summed E-state index contributed by atoms with van der Waals surface area (Å²) >= 11 is 0. The molecule has 0 N–H and O–H groups in total. The largest absolute Gasteiger partial charge is 0.466 e. The van der Waals surface area contributed by atoms with E-state index in [1.54, 1.807) is 11.8 Å². The van der Waals surface area contributed by atoms with Crippen LogP contribution in [0, 0.1) is 11.3 Å². The maximum absolute atomic E-state index is 13.6. The number of carbonyl (C=O) groups is 3. The Morgan fingerprint density at radius 2 is 1.83 bits per heavy atom. The van der Waals surface area contributed by atoms with Crippen LogP contribution in [0.4, 0.5) is 0 Å². The fraction of sp³-hybridized carbons (Fsp3) is 0.571. The second kappa shape index (κ2) is 11.6. The average molecular weight is 493 g/mol. The van der Waals surface area contributed by atoms with Gasteiger partial charge in [0.15, 0.2) is 0 Å². The highest BCUT2D eigenvalue weighted by atomic mass is 16.5. The predicted octanol–water partition coefficient (Wildman–Crippen LogP) is 3.79. The quantitative estimate of drug-likeness (QED) is 0.496. The molecule has 2 amide bonds. The fourth-order valence-electron chi connectivity index (χ4n) is 5.80. The van der Waals surface area contributed by atoms with Gasteiger partial charge in [0.1, 0.15) is 6.04 Å². The number of benzene rings is 1. The molecule has 1 aromatic carbocycles. The van der Waals surface area contributed by atoms with Gasteiger partial charge in [0.2, 0.25) is 11.8 Å². The number of hydrogen-bond donors (Lipinski definition) is 0. The lowest BCUT2D eigenvalue weighted by atomic mass is 10.1. The van der Waals surface area contributed by atoms with Crippen LogP contribution in [-0.4, -0.2) is 63.9 Å². The fourth-order valence-corrected chi connectivity index (χ4v) is 5.80. The highest BCUT2D eigenvalue weighted by Crippen LogP contribution is 2.29. The van der Waals surface area contributed by atoms with Gasteiger partial charge in [0, 0.05) is 43.3 Å². The second-order valence-electron chi connectivity index (χ2n) is 9.68. The van der Waals surface area contributed by atoms with Gasteiger partial charge in [-0.05, 0) is 76.0 Å². The molecule has 2 fully saturated rings. The summed E-state index contributed by atoms with van der Waals surface area (Å²) in [4.78, 5) is 41.7. The molecule has 8 heteroatoms. The van der Waals surface area contributed by atoms with Gasteiger partial charge >= 0.3 is 5.97 Å². The molecule has 8 nitrogen and oxygen atoms in total. The Morgan fingerprint density at radius 3 is 2.58 bits per heavy atom. The Morgan fingerprint density at radius 1 is 1.06 bits per heavy atom. The molecule has 0 aliphatic carbocycles. The summed E-state index contributed by atoms with van der Waals surface area (Å²) < 4.78 is 7.20. The van der Waals surface area contributed by atoms with Crippen molar-refractivity contribution in [1.29, 1.82) is 5.26 Å². The Labute approximate surface area is 212 Å². The van der Waals surface area contributed by atoms with E-state index in [4.69, 9.17) is 4.74 Å². The van der Waals surface area contributed by atoms with E-state index in [1.807, 2.05) is 23.1 Å². The zero-order valence-electron chi connectivity index (χ0n) is 21.4. The van der Waals surface area contributed by atoms with Crippen molar-refractivity contribution in [2.45, 2.75) is 83.8 Å². The lowest BCUT2D eigenvalue weighted by Gasteiger charge is -2.31. The third-order valence-electron chi connectivity index (χ3n) is 7.54. The number of fused-ring (bicyclic) bond motifs is 1. The highest BCUT2D eigenvalue weighted by Gasteiger charge is 2.39. The Hall–Kier alpha value is -3.34. The first-order valence-electron chi connectivity index (χ1n) is 13.2. The Bertz CT molecular complexity index is 1160. The highest BCUT2D eigenvalue weighted by molar-refractivity contribution is 5.89. The molecule has 4 rings (SSSR count). The topological polar surface area (TPSA) is 95.6 Å². The molecule has 36 heavy (non-hydrogen) atoms. The molecule has 3 heterocycles. The van der Waals surface area contributed by atoms with Crippen LogP contribution in [0.2, 0.25) is 0 Å². The minimum atomic E-state index is -0.424. The van der Waals surface area contributed by atoms with Crippen LogP contribution in [-0.2, 0) is 32.1 Å². The van der Waals surface area contributed by atoms with Crippen molar-refractivity contribution in [3.05, 3.63) is 35.5 Å². The summed E-state index contributed by atoms with van der Waals surface area (Å²) in [6, 6.07) is 9.96. The molecular formula is C28H36N4O4. The number of aryl methyl sites for hydroxylation is 2. The van der Waals surface area contributed by atoms with E-state index in [9.17, 15) is 19.6 Å². The lowest BCUT2D eigenvalue weighted by Crippen LogP contribution is -2.49. The molecule has 0 spiro atoms. The maximum Gasteiger partial charge on any atom is 0.306 e. The molecule has 2 aromatic rings. The summed E-state index contributed by atoms with van der Waals surface area (Å²) in [6.45, 7) is 6.28. The lowest BCUT2D eigenvalue weighted by molar-refractivity contribution is -0.147. The number of aromatic nitrogens is 1. The third kappa shape index (κ3) is 5.40. The third-order valence-corrected chi connectivity index (χ3v) is 7.54. The molecule has 2 saturated heterocycles. The minimum absolute atomic E-state index is 0.0502. The van der Waals surface area contributed by atoms with Gasteiger partial charge in [-0.3, -0.25) is 14.4 Å². The molecule has 192 valence electrons. The van der Waals surface area contributed by atoms with Crippen molar-refractivity contribution in [2.75, 3.05) is 19.7 Å². The van der Waals surface area contributed by atoms with Gasteiger partial charge < -0.3 is 19.1 Å². The molecule has 0 bridgehead atoms. The summed E-state index contributed by atoms with van der Waals surface area (Å²) in [5.74, 6) is -0.464. The van der Waals surface area contributed by atoms with Crippen molar-refractivity contribution >= 4 is 28.7 Å². The molecule has 2 aliphatic rings. The summed E-state index contributed by atoms with van der Waals surface area (Å²) in [5, 5.41) is 10.4. The van der Waals surface area contributed by atoms with Gasteiger partial charge in [0.05, 0.1) is 24.7 Å². The molecule has 0 saturated carbocycles. The molecule has 2 aliphatic heterocycles. The van der Waals surface area contributed by atoms with Crippen LogP contribution in [0.25, 0.3) is 10.9 Å². The van der Waals surface area contributed by atoms with Crippen LogP contribution < -0.4 is 0 Å². The first-order valence-corrected chi connectivity index (χ1v) is 13.2. The number of carbonyl (C=O) groups excluding carboxylic acids is 3. The van der Waals surface area contributed by atoms with Crippen molar-refractivity contribution in [3.8, 4) is 6.07 Å². The zero-order valence-corrected chi connectivity index (χ0v) is 21.4. The van der Waals surface area contributed by atoms with Gasteiger partial charge in [-0.1, -0.05) is 6.07 Å². The van der Waals surface area contributed by atoms with Gasteiger partial charge in [-0.2, -0.15) is 5.26 Å². The second-order valence-corrected chi connectivity index (χ2v) is 9.68. The molecular weight excluding hydrogens is 456 g/mol. The predicted molar refractivity (Wildman–Crippen MR) is 136 cm³/mol. The van der Waals surface area contributed by atoms with Crippen molar-refractivity contribution < 1.29 is 19.1 Å². The summed E-state index contributed by atoms with van der Waals surface area (Å²) in [6.07, 6.45) is 5.30. The number of hydrogen-bond acceptors (Lipinski definition) is 5. The van der Waals surface area contributed by atoms with Gasteiger partial charge in [-0.15, -0.1) is 0 Å². The SMILES string of the molecule is CCOC(=O)CCC(=O)N1CCCC1C(=O)N1CCCC1CCc1cc2ccc(C#N)cc2n1CC. The van der Waals surface area contributed by atoms with Crippen LogP contribution in [0.1, 0.15) is 70.1 Å². The average Bonchev–Trinajstić information content (AvgIpc) is 3.63. The Balaban J connectivity index is 1.40. The number of nitrogens with zero attached hydrogens (tertiary/aromatic N) is 4. The molecule has 1 aromatic heterocycles.